The normalized spacial score (nSPS) is 11.8. The van der Waals surface area contributed by atoms with Crippen LogP contribution in [0, 0.1) is 5.82 Å². The van der Waals surface area contributed by atoms with Crippen LogP contribution in [0.5, 0.6) is 5.75 Å². The minimum absolute atomic E-state index is 0.0122. The highest BCUT2D eigenvalue weighted by molar-refractivity contribution is 6.03. The van der Waals surface area contributed by atoms with Gasteiger partial charge in [0.2, 0.25) is 0 Å². The number of carbonyl (C=O) groups is 1. The van der Waals surface area contributed by atoms with Gasteiger partial charge in [-0.25, -0.2) is 14.2 Å². The zero-order valence-electron chi connectivity index (χ0n) is 16.9. The molecule has 4 nitrogen and oxygen atoms in total. The third kappa shape index (κ3) is 4.63. The molecule has 0 saturated heterocycles. The van der Waals surface area contributed by atoms with E-state index < -0.39 is 11.8 Å². The molecule has 5 heteroatoms. The van der Waals surface area contributed by atoms with Crippen LogP contribution >= 0.6 is 0 Å². The third-order valence-electron chi connectivity index (χ3n) is 4.60. The van der Waals surface area contributed by atoms with Crippen LogP contribution in [0.3, 0.4) is 0 Å². The second-order valence-electron chi connectivity index (χ2n) is 6.58. The number of carboxylic acids is 1. The molecule has 1 heterocycles. The zero-order chi connectivity index (χ0) is 21.7. The number of pyridine rings is 1. The van der Waals surface area contributed by atoms with Gasteiger partial charge in [-0.1, -0.05) is 36.9 Å². The Morgan fingerprint density at radius 1 is 1.17 bits per heavy atom. The summed E-state index contributed by atoms with van der Waals surface area (Å²) in [6.45, 7) is 8.51. The number of carboxylic acid groups (broad SMARTS) is 1. The second kappa shape index (κ2) is 9.18. The van der Waals surface area contributed by atoms with E-state index in [1.165, 1.54) is 24.3 Å². The van der Waals surface area contributed by atoms with Crippen molar-refractivity contribution < 1.29 is 19.0 Å². The summed E-state index contributed by atoms with van der Waals surface area (Å²) in [5, 5.41) is 9.78. The predicted octanol–water partition coefficient (Wildman–Crippen LogP) is 6.14. The minimum Gasteiger partial charge on any atom is -0.494 e. The number of allylic oxidation sites excluding steroid dienone is 5. The van der Waals surface area contributed by atoms with Crippen LogP contribution in [-0.4, -0.2) is 22.7 Å². The zero-order valence-corrected chi connectivity index (χ0v) is 16.9. The first kappa shape index (κ1) is 21.0. The monoisotopic (exact) mass is 403 g/mol. The number of fused-ring (bicyclic) bond motifs is 1. The Balaban J connectivity index is 1.90. The molecular formula is C25H22FNO3. The first-order chi connectivity index (χ1) is 14.4. The van der Waals surface area contributed by atoms with E-state index in [9.17, 15) is 14.3 Å². The van der Waals surface area contributed by atoms with Crippen LogP contribution in [0.4, 0.5) is 4.39 Å². The van der Waals surface area contributed by atoms with Crippen LogP contribution in [-0.2, 0) is 0 Å². The standard InChI is InChI=1S/C25H22FNO3/c1-4-17(18-8-11-20(12-9-18)30-5-2)7-6-16(3)24-15-22(25(28)29)21-14-19(26)10-13-23(21)27-24/h4,6-15H,3,5H2,1-2H3,(H,28,29)/b7-6-,17-4+. The average Bonchev–Trinajstić information content (AvgIpc) is 2.74. The highest BCUT2D eigenvalue weighted by atomic mass is 19.1. The molecule has 0 saturated carbocycles. The predicted molar refractivity (Wildman–Crippen MR) is 118 cm³/mol. The van der Waals surface area contributed by atoms with E-state index in [0.29, 0.717) is 23.4 Å². The number of halogens is 1. The Bertz CT molecular complexity index is 1160. The molecule has 0 fully saturated rings. The van der Waals surface area contributed by atoms with E-state index in [-0.39, 0.29) is 10.9 Å². The van der Waals surface area contributed by atoms with Crippen molar-refractivity contribution in [3.8, 4) is 5.75 Å². The Morgan fingerprint density at radius 3 is 2.53 bits per heavy atom. The number of hydrogen-bond acceptors (Lipinski definition) is 3. The van der Waals surface area contributed by atoms with E-state index >= 15 is 0 Å². The van der Waals surface area contributed by atoms with Gasteiger partial charge in [0.05, 0.1) is 23.4 Å². The van der Waals surface area contributed by atoms with Gasteiger partial charge < -0.3 is 9.84 Å². The van der Waals surface area contributed by atoms with Crippen molar-refractivity contribution in [1.29, 1.82) is 0 Å². The lowest BCUT2D eigenvalue weighted by molar-refractivity contribution is 0.0699. The molecule has 0 aliphatic rings. The number of aromatic carboxylic acids is 1. The maximum atomic E-state index is 13.6. The number of benzene rings is 2. The number of aromatic nitrogens is 1. The summed E-state index contributed by atoms with van der Waals surface area (Å²) in [7, 11) is 0. The highest BCUT2D eigenvalue weighted by Gasteiger charge is 2.13. The largest absolute Gasteiger partial charge is 0.494 e. The van der Waals surface area contributed by atoms with Gasteiger partial charge >= 0.3 is 5.97 Å². The molecule has 30 heavy (non-hydrogen) atoms. The van der Waals surface area contributed by atoms with E-state index in [1.54, 1.807) is 6.08 Å². The molecule has 0 bridgehead atoms. The quantitative estimate of drug-likeness (QED) is 0.481. The molecule has 0 atom stereocenters. The number of rotatable bonds is 7. The van der Waals surface area contributed by atoms with Gasteiger partial charge in [-0.3, -0.25) is 0 Å². The topological polar surface area (TPSA) is 59.4 Å². The number of ether oxygens (including phenoxy) is 1. The van der Waals surface area contributed by atoms with Crippen molar-refractivity contribution in [2.24, 2.45) is 0 Å². The number of nitrogens with zero attached hydrogens (tertiary/aromatic N) is 1. The Morgan fingerprint density at radius 2 is 1.90 bits per heavy atom. The third-order valence-corrected chi connectivity index (χ3v) is 4.60. The lowest BCUT2D eigenvalue weighted by Crippen LogP contribution is -2.01. The second-order valence-corrected chi connectivity index (χ2v) is 6.58. The molecular weight excluding hydrogens is 381 g/mol. The van der Waals surface area contributed by atoms with Crippen LogP contribution in [0.1, 0.15) is 35.5 Å². The van der Waals surface area contributed by atoms with Gasteiger partial charge in [-0.15, -0.1) is 0 Å². The summed E-state index contributed by atoms with van der Waals surface area (Å²) in [5.74, 6) is -0.844. The summed E-state index contributed by atoms with van der Waals surface area (Å²) >= 11 is 0. The van der Waals surface area contributed by atoms with Crippen LogP contribution in [0.25, 0.3) is 22.0 Å². The molecule has 152 valence electrons. The summed E-state index contributed by atoms with van der Waals surface area (Å²) in [4.78, 5) is 16.1. The molecule has 0 aliphatic carbocycles. The smallest absolute Gasteiger partial charge is 0.336 e. The Labute approximate surface area is 174 Å². The Kier molecular flexibility index (Phi) is 6.42. The average molecular weight is 403 g/mol. The van der Waals surface area contributed by atoms with Crippen molar-refractivity contribution in [2.45, 2.75) is 13.8 Å². The summed E-state index contributed by atoms with van der Waals surface area (Å²) < 4.78 is 19.0. The molecule has 0 spiro atoms. The first-order valence-electron chi connectivity index (χ1n) is 9.53. The van der Waals surface area contributed by atoms with E-state index in [4.69, 9.17) is 4.74 Å². The molecule has 0 amide bonds. The van der Waals surface area contributed by atoms with Crippen LogP contribution < -0.4 is 4.74 Å². The molecule has 3 aromatic rings. The molecule has 1 aromatic heterocycles. The highest BCUT2D eigenvalue weighted by Crippen LogP contribution is 2.25. The first-order valence-corrected chi connectivity index (χ1v) is 9.53. The molecule has 2 aromatic carbocycles. The van der Waals surface area contributed by atoms with Crippen LogP contribution in [0.15, 0.2) is 73.3 Å². The lowest BCUT2D eigenvalue weighted by atomic mass is 10.0. The van der Waals surface area contributed by atoms with Crippen molar-refractivity contribution in [3.63, 3.8) is 0 Å². The summed E-state index contributed by atoms with van der Waals surface area (Å²) in [5.41, 5.74) is 3.35. The minimum atomic E-state index is -1.14. The fourth-order valence-electron chi connectivity index (χ4n) is 3.08. The fraction of sp³-hybridized carbons (Fsp3) is 0.120. The summed E-state index contributed by atoms with van der Waals surface area (Å²) in [6.07, 6.45) is 5.66. The lowest BCUT2D eigenvalue weighted by Gasteiger charge is -2.08. The summed E-state index contributed by atoms with van der Waals surface area (Å²) in [6, 6.07) is 13.1. The van der Waals surface area contributed by atoms with Gasteiger partial charge in [0.15, 0.2) is 0 Å². The van der Waals surface area contributed by atoms with E-state index in [2.05, 4.69) is 11.6 Å². The Hall–Kier alpha value is -3.73. The van der Waals surface area contributed by atoms with Gasteiger partial charge in [0.25, 0.3) is 0 Å². The van der Waals surface area contributed by atoms with Crippen molar-refractivity contribution >= 4 is 28.0 Å². The van der Waals surface area contributed by atoms with Gasteiger partial charge in [0.1, 0.15) is 11.6 Å². The molecule has 0 aliphatic heterocycles. The van der Waals surface area contributed by atoms with Crippen molar-refractivity contribution in [1.82, 2.24) is 4.98 Å². The van der Waals surface area contributed by atoms with Gasteiger partial charge in [0, 0.05) is 5.39 Å². The molecule has 1 N–H and O–H groups in total. The van der Waals surface area contributed by atoms with Crippen molar-refractivity contribution in [3.05, 3.63) is 96.0 Å². The number of hydrogen-bond donors (Lipinski definition) is 1. The van der Waals surface area contributed by atoms with Crippen LogP contribution in [0.2, 0.25) is 0 Å². The SMILES string of the molecule is C=C(/C=C\C(=C/C)c1ccc(OCC)cc1)c1cc(C(=O)O)c2cc(F)ccc2n1. The fourth-order valence-corrected chi connectivity index (χ4v) is 3.08. The van der Waals surface area contributed by atoms with Gasteiger partial charge in [-0.05, 0) is 67.0 Å². The molecule has 0 radical (unpaired) electrons. The van der Waals surface area contributed by atoms with Crippen molar-refractivity contribution in [2.75, 3.05) is 6.61 Å². The maximum absolute atomic E-state index is 13.6. The van der Waals surface area contributed by atoms with Gasteiger partial charge in [-0.2, -0.15) is 0 Å². The molecule has 3 rings (SSSR count). The molecule has 0 unspecified atom stereocenters. The van der Waals surface area contributed by atoms with E-state index in [0.717, 1.165) is 16.9 Å². The van der Waals surface area contributed by atoms with E-state index in [1.807, 2.05) is 50.3 Å². The maximum Gasteiger partial charge on any atom is 0.336 e.